The van der Waals surface area contributed by atoms with Crippen molar-refractivity contribution in [3.63, 3.8) is 0 Å². The summed E-state index contributed by atoms with van der Waals surface area (Å²) in [6.07, 6.45) is 0. The van der Waals surface area contributed by atoms with E-state index in [4.69, 9.17) is 0 Å². The number of hydrogen-bond donors (Lipinski definition) is 1. The average molecular weight is 367 g/mol. The summed E-state index contributed by atoms with van der Waals surface area (Å²) in [7, 11) is 0. The fraction of sp³-hybridized carbons (Fsp3) is 0.333. The molecule has 7 heteroatoms. The lowest BCUT2D eigenvalue weighted by molar-refractivity contribution is 0.197. The van der Waals surface area contributed by atoms with Crippen LogP contribution >= 0.6 is 36.2 Å². The van der Waals surface area contributed by atoms with E-state index >= 15 is 0 Å². The highest BCUT2D eigenvalue weighted by Gasteiger charge is 2.27. The van der Waals surface area contributed by atoms with Crippen LogP contribution in [-0.4, -0.2) is 31.1 Å². The second kappa shape index (κ2) is 8.79. The Morgan fingerprint density at radius 1 is 1.09 bits per heavy atom. The predicted molar refractivity (Wildman–Crippen MR) is 91.5 cm³/mol. The molecule has 1 saturated heterocycles. The zero-order chi connectivity index (χ0) is 13.9. The number of hydrogen-bond acceptors (Lipinski definition) is 3. The first kappa shape index (κ1) is 19.3. The fourth-order valence-electron chi connectivity index (χ4n) is 2.64. The SMILES string of the molecule is Cl.Cl.Fc1ccc([C@@H](c2cccs2)N2CCNCC2)c(F)c1. The van der Waals surface area contributed by atoms with E-state index in [0.717, 1.165) is 37.1 Å². The largest absolute Gasteiger partial charge is 0.314 e. The molecule has 1 aromatic carbocycles. The molecule has 1 aromatic heterocycles. The van der Waals surface area contributed by atoms with Gasteiger partial charge in [0, 0.05) is 42.7 Å². The van der Waals surface area contributed by atoms with E-state index in [-0.39, 0.29) is 30.9 Å². The van der Waals surface area contributed by atoms with Crippen LogP contribution < -0.4 is 5.32 Å². The van der Waals surface area contributed by atoms with Crippen molar-refractivity contribution in [3.05, 3.63) is 57.8 Å². The van der Waals surface area contributed by atoms with Gasteiger partial charge in [0.1, 0.15) is 11.6 Å². The molecular formula is C15H18Cl2F2N2S. The molecule has 1 atom stereocenters. The topological polar surface area (TPSA) is 15.3 Å². The number of piperazine rings is 1. The van der Waals surface area contributed by atoms with Crippen LogP contribution in [0.4, 0.5) is 8.78 Å². The number of benzene rings is 1. The molecule has 1 N–H and O–H groups in total. The van der Waals surface area contributed by atoms with Gasteiger partial charge in [-0.15, -0.1) is 36.2 Å². The zero-order valence-electron chi connectivity index (χ0n) is 11.8. The lowest BCUT2D eigenvalue weighted by Gasteiger charge is -2.34. The van der Waals surface area contributed by atoms with Gasteiger partial charge in [-0.05, 0) is 17.5 Å². The van der Waals surface area contributed by atoms with E-state index in [1.165, 1.54) is 6.07 Å². The molecule has 122 valence electrons. The van der Waals surface area contributed by atoms with Gasteiger partial charge in [-0.3, -0.25) is 4.90 Å². The molecule has 0 saturated carbocycles. The van der Waals surface area contributed by atoms with Gasteiger partial charge in [0.2, 0.25) is 0 Å². The molecule has 2 aromatic rings. The van der Waals surface area contributed by atoms with Gasteiger partial charge in [-0.1, -0.05) is 12.1 Å². The lowest BCUT2D eigenvalue weighted by Crippen LogP contribution is -2.45. The van der Waals surface area contributed by atoms with Gasteiger partial charge < -0.3 is 5.32 Å². The lowest BCUT2D eigenvalue weighted by atomic mass is 10.0. The first-order chi connectivity index (χ1) is 9.75. The van der Waals surface area contributed by atoms with Crippen molar-refractivity contribution in [2.75, 3.05) is 26.2 Å². The summed E-state index contributed by atoms with van der Waals surface area (Å²) in [5.41, 5.74) is 0.552. The van der Waals surface area contributed by atoms with E-state index < -0.39 is 11.6 Å². The maximum atomic E-state index is 14.2. The van der Waals surface area contributed by atoms with E-state index in [0.29, 0.717) is 5.56 Å². The number of nitrogens with one attached hydrogen (secondary N) is 1. The number of rotatable bonds is 3. The minimum absolute atomic E-state index is 0. The second-order valence-corrected chi connectivity index (χ2v) is 5.85. The predicted octanol–water partition coefficient (Wildman–Crippen LogP) is 3.86. The molecule has 0 aliphatic carbocycles. The molecule has 0 bridgehead atoms. The highest BCUT2D eigenvalue weighted by molar-refractivity contribution is 7.10. The smallest absolute Gasteiger partial charge is 0.131 e. The third kappa shape index (κ3) is 4.18. The summed E-state index contributed by atoms with van der Waals surface area (Å²) >= 11 is 1.61. The first-order valence-corrected chi connectivity index (χ1v) is 7.57. The van der Waals surface area contributed by atoms with Crippen molar-refractivity contribution in [2.24, 2.45) is 0 Å². The van der Waals surface area contributed by atoms with E-state index in [9.17, 15) is 8.78 Å². The highest BCUT2D eigenvalue weighted by atomic mass is 35.5. The number of nitrogens with zero attached hydrogens (tertiary/aromatic N) is 1. The quantitative estimate of drug-likeness (QED) is 0.886. The molecule has 0 spiro atoms. The Labute approximate surface area is 145 Å². The molecule has 22 heavy (non-hydrogen) atoms. The van der Waals surface area contributed by atoms with Crippen molar-refractivity contribution in [1.29, 1.82) is 0 Å². The summed E-state index contributed by atoms with van der Waals surface area (Å²) in [5.74, 6) is -1.00. The van der Waals surface area contributed by atoms with Crippen molar-refractivity contribution < 1.29 is 8.78 Å². The Bertz CT molecular complexity index is 575. The zero-order valence-corrected chi connectivity index (χ0v) is 14.2. The summed E-state index contributed by atoms with van der Waals surface area (Å²) in [5, 5.41) is 5.29. The van der Waals surface area contributed by atoms with Crippen LogP contribution in [0, 0.1) is 11.6 Å². The minimum Gasteiger partial charge on any atom is -0.314 e. The van der Waals surface area contributed by atoms with Crippen LogP contribution in [0.2, 0.25) is 0 Å². The van der Waals surface area contributed by atoms with Crippen molar-refractivity contribution in [3.8, 4) is 0 Å². The van der Waals surface area contributed by atoms with Crippen LogP contribution in [0.25, 0.3) is 0 Å². The Hall–Kier alpha value is -0.720. The Morgan fingerprint density at radius 3 is 2.41 bits per heavy atom. The van der Waals surface area contributed by atoms with Gasteiger partial charge in [0.05, 0.1) is 6.04 Å². The van der Waals surface area contributed by atoms with Crippen molar-refractivity contribution >= 4 is 36.2 Å². The minimum atomic E-state index is -0.531. The molecule has 0 radical (unpaired) electrons. The highest BCUT2D eigenvalue weighted by Crippen LogP contribution is 2.33. The summed E-state index contributed by atoms with van der Waals surface area (Å²) < 4.78 is 27.3. The molecule has 1 aliphatic heterocycles. The third-order valence-corrected chi connectivity index (χ3v) is 4.51. The van der Waals surface area contributed by atoms with Gasteiger partial charge >= 0.3 is 0 Å². The van der Waals surface area contributed by atoms with E-state index in [1.54, 1.807) is 17.4 Å². The molecule has 0 unspecified atom stereocenters. The van der Waals surface area contributed by atoms with Gasteiger partial charge in [-0.2, -0.15) is 0 Å². The molecule has 2 nitrogen and oxygen atoms in total. The summed E-state index contributed by atoms with van der Waals surface area (Å²) in [6, 6.07) is 7.73. The standard InChI is InChI=1S/C15H16F2N2S.2ClH/c16-11-3-4-12(13(17)10-11)15(14-2-1-9-20-14)19-7-5-18-6-8-19;;/h1-4,9-10,15,18H,5-8H2;2*1H/t15-;;/m0../s1. The monoisotopic (exact) mass is 366 g/mol. The molecule has 0 amide bonds. The maximum Gasteiger partial charge on any atom is 0.131 e. The number of halogens is 4. The molecular weight excluding hydrogens is 349 g/mol. The van der Waals surface area contributed by atoms with Gasteiger partial charge in [0.25, 0.3) is 0 Å². The maximum absolute atomic E-state index is 14.2. The van der Waals surface area contributed by atoms with Gasteiger partial charge in [-0.25, -0.2) is 8.78 Å². The fourth-order valence-corrected chi connectivity index (χ4v) is 3.52. The van der Waals surface area contributed by atoms with Gasteiger partial charge in [0.15, 0.2) is 0 Å². The summed E-state index contributed by atoms with van der Waals surface area (Å²) in [4.78, 5) is 3.34. The number of thiophene rings is 1. The average Bonchev–Trinajstić information content (AvgIpc) is 2.97. The van der Waals surface area contributed by atoms with Crippen LogP contribution in [0.5, 0.6) is 0 Å². The van der Waals surface area contributed by atoms with E-state index in [2.05, 4.69) is 10.2 Å². The third-order valence-electron chi connectivity index (χ3n) is 3.59. The van der Waals surface area contributed by atoms with Crippen LogP contribution in [0.15, 0.2) is 35.7 Å². The molecule has 1 fully saturated rings. The second-order valence-electron chi connectivity index (χ2n) is 4.87. The summed E-state index contributed by atoms with van der Waals surface area (Å²) in [6.45, 7) is 3.51. The van der Waals surface area contributed by atoms with E-state index in [1.807, 2.05) is 17.5 Å². The van der Waals surface area contributed by atoms with Crippen LogP contribution in [-0.2, 0) is 0 Å². The Kier molecular flexibility index (Phi) is 7.72. The normalized spacial score (nSPS) is 16.5. The van der Waals surface area contributed by atoms with Crippen molar-refractivity contribution in [2.45, 2.75) is 6.04 Å². The molecule has 1 aliphatic rings. The van der Waals surface area contributed by atoms with Crippen LogP contribution in [0.3, 0.4) is 0 Å². The van der Waals surface area contributed by atoms with Crippen molar-refractivity contribution in [1.82, 2.24) is 10.2 Å². The first-order valence-electron chi connectivity index (χ1n) is 6.69. The molecule has 3 rings (SSSR count). The Morgan fingerprint density at radius 2 is 1.82 bits per heavy atom. The Balaban J connectivity index is 0.00000121. The van der Waals surface area contributed by atoms with Crippen LogP contribution in [0.1, 0.15) is 16.5 Å². The molecule has 2 heterocycles.